The fourth-order valence-corrected chi connectivity index (χ4v) is 6.43. The maximum Gasteiger partial charge on any atom is 0.436 e. The van der Waals surface area contributed by atoms with Crippen molar-refractivity contribution in [2.24, 2.45) is 7.05 Å². The van der Waals surface area contributed by atoms with Crippen molar-refractivity contribution in [3.63, 3.8) is 0 Å². The SMILES string of the molecule is CC(C)(C)c1nc(C(F)(F)F)co1.CC(C)(C)c1ncc(Br)cn1.CC(C)(C)c1ncc(N2CCOCC2)cn1.CCOC(=O)c1coc(C(C)(C)C)n1.CN(C)c1ncnc(C(C)(C)C)n1.Cc1cc(C(C)(C)C)no1.Cn1nnc(C(C)(C)C)n1. The molecule has 0 bridgehead atoms. The maximum absolute atomic E-state index is 12.1. The molecule has 0 spiro atoms. The van der Waals surface area contributed by atoms with E-state index >= 15 is 0 Å². The van der Waals surface area contributed by atoms with Crippen LogP contribution in [0, 0.1) is 6.92 Å². The summed E-state index contributed by atoms with van der Waals surface area (Å²) in [6.45, 7) is 50.0. The average Bonchev–Trinajstić information content (AvgIpc) is 3.74. The predicted octanol–water partition coefficient (Wildman–Crippen LogP) is 13.3. The van der Waals surface area contributed by atoms with Crippen molar-refractivity contribution in [3.05, 3.63) is 112 Å². The summed E-state index contributed by atoms with van der Waals surface area (Å²) in [5, 5.41) is 15.6. The number of halogens is 4. The molecule has 7 aromatic rings. The molecule has 22 nitrogen and oxygen atoms in total. The Labute approximate surface area is 521 Å². The average molecular weight is 1290 g/mol. The number of nitrogens with zero attached hydrogens (tertiary/aromatic N) is 16. The van der Waals surface area contributed by atoms with Gasteiger partial charge >= 0.3 is 12.1 Å². The standard InChI is InChI=1S/C12H19N3O.C10H15NO3.C9H16N4.C8H11BrN2.C8H10F3NO.C8H13NO.C6H12N4/c1-12(2,3)11-13-8-10(9-14-11)15-4-6-16-7-5-15;1-5-13-8(12)7-6-14-9(11-7)10(2,3)4;1-9(2,3)7-10-6-11-8(12-7)13(4)5;1-8(2,3)7-10-4-6(9)5-11-7;1-7(2,3)6-12-5(4-13-6)8(9,10)11;1-6-5-7(9-10-6)8(2,3)4;1-6(2,3)5-7-9-10(4)8-5/h8-9H,4-7H2,1-3H3;6H,5H2,1-4H3;6H,1-5H3;4-5H,1-3H3;4H,1-3H3;5H,1-4H3;1-4H3. The summed E-state index contributed by atoms with van der Waals surface area (Å²) in [5.41, 5.74) is 0.841. The van der Waals surface area contributed by atoms with Crippen LogP contribution in [-0.4, -0.2) is 123 Å². The van der Waals surface area contributed by atoms with Gasteiger partial charge < -0.3 is 32.6 Å². The Hall–Kier alpha value is -6.83. The van der Waals surface area contributed by atoms with E-state index < -0.39 is 23.3 Å². The van der Waals surface area contributed by atoms with Crippen molar-refractivity contribution in [1.29, 1.82) is 0 Å². The second kappa shape index (κ2) is 31.9. The third kappa shape index (κ3) is 27.8. The molecule has 26 heteroatoms. The third-order valence-corrected chi connectivity index (χ3v) is 11.7. The maximum atomic E-state index is 12.1. The van der Waals surface area contributed by atoms with E-state index in [-0.39, 0.29) is 44.1 Å². The van der Waals surface area contributed by atoms with Gasteiger partial charge in [0, 0.05) is 83.5 Å². The molecule has 0 atom stereocenters. The van der Waals surface area contributed by atoms with Gasteiger partial charge in [-0.25, -0.2) is 44.7 Å². The molecule has 87 heavy (non-hydrogen) atoms. The molecule has 0 amide bonds. The Morgan fingerprint density at radius 2 is 1.10 bits per heavy atom. The minimum Gasteiger partial charge on any atom is -0.461 e. The fourth-order valence-electron chi connectivity index (χ4n) is 6.23. The van der Waals surface area contributed by atoms with Gasteiger partial charge in [0.25, 0.3) is 0 Å². The second-order valence-corrected chi connectivity index (χ2v) is 28.5. The molecule has 8 heterocycles. The first-order valence-corrected chi connectivity index (χ1v) is 29.3. The van der Waals surface area contributed by atoms with E-state index in [2.05, 4.69) is 190 Å². The van der Waals surface area contributed by atoms with E-state index in [4.69, 9.17) is 22.8 Å². The number of aryl methyl sites for hydroxylation is 2. The number of hydrogen-bond acceptors (Lipinski definition) is 21. The number of aromatic nitrogens is 14. The molecule has 1 saturated heterocycles. The lowest BCUT2D eigenvalue weighted by molar-refractivity contribution is -0.141. The molecular weight excluding hydrogens is 1190 g/mol. The van der Waals surface area contributed by atoms with Crippen molar-refractivity contribution in [3.8, 4) is 0 Å². The first-order chi connectivity index (χ1) is 39.6. The van der Waals surface area contributed by atoms with Crippen LogP contribution in [0.15, 0.2) is 67.5 Å². The summed E-state index contributed by atoms with van der Waals surface area (Å²) in [6, 6.07) is 1.97. The number of alkyl halides is 3. The molecule has 8 rings (SSSR count). The number of carbonyl (C=O) groups excluding carboxylic acids is 1. The van der Waals surface area contributed by atoms with Gasteiger partial charge in [-0.15, -0.1) is 10.2 Å². The molecule has 484 valence electrons. The number of hydrogen-bond donors (Lipinski definition) is 0. The zero-order valence-electron chi connectivity index (χ0n) is 56.3. The highest BCUT2D eigenvalue weighted by atomic mass is 79.9. The minimum atomic E-state index is -4.42. The van der Waals surface area contributed by atoms with Gasteiger partial charge in [0.1, 0.15) is 42.1 Å². The van der Waals surface area contributed by atoms with Gasteiger partial charge in [0.05, 0.1) is 55.1 Å². The van der Waals surface area contributed by atoms with Gasteiger partial charge in [-0.05, 0) is 35.0 Å². The molecule has 0 saturated carbocycles. The van der Waals surface area contributed by atoms with Crippen molar-refractivity contribution in [1.82, 2.24) is 70.2 Å². The summed E-state index contributed by atoms with van der Waals surface area (Å²) >= 11 is 3.29. The highest BCUT2D eigenvalue weighted by Crippen LogP contribution is 2.31. The zero-order valence-corrected chi connectivity index (χ0v) is 57.9. The van der Waals surface area contributed by atoms with Crippen LogP contribution in [0.3, 0.4) is 0 Å². The summed E-state index contributed by atoms with van der Waals surface area (Å²) in [7, 11) is 5.60. The number of ether oxygens (including phenoxy) is 2. The number of oxazole rings is 2. The van der Waals surface area contributed by atoms with E-state index in [0.29, 0.717) is 24.7 Å². The van der Waals surface area contributed by atoms with Gasteiger partial charge in [0.2, 0.25) is 5.95 Å². The molecular formula is C61H96BrF3N16O6. The Kier molecular flexibility index (Phi) is 28.0. The van der Waals surface area contributed by atoms with Crippen molar-refractivity contribution in [2.75, 3.05) is 56.8 Å². The molecule has 1 aliphatic heterocycles. The summed E-state index contributed by atoms with van der Waals surface area (Å²) in [4.78, 5) is 54.1. The molecule has 0 unspecified atom stereocenters. The van der Waals surface area contributed by atoms with E-state index in [1.54, 1.807) is 53.5 Å². The second-order valence-electron chi connectivity index (χ2n) is 27.6. The lowest BCUT2D eigenvalue weighted by atomic mass is 9.92. The number of tetrazole rings is 1. The first-order valence-electron chi connectivity index (χ1n) is 28.5. The lowest BCUT2D eigenvalue weighted by Gasteiger charge is -2.28. The first kappa shape index (κ1) is 76.3. The topological polar surface area (TPSA) is 254 Å². The predicted molar refractivity (Wildman–Crippen MR) is 334 cm³/mol. The molecule has 7 aromatic heterocycles. The Bertz CT molecular complexity index is 3030. The van der Waals surface area contributed by atoms with Crippen LogP contribution in [0.2, 0.25) is 0 Å². The summed E-state index contributed by atoms with van der Waals surface area (Å²) < 4.78 is 62.1. The summed E-state index contributed by atoms with van der Waals surface area (Å²) in [6.07, 6.45) is 6.48. The number of anilines is 2. The van der Waals surface area contributed by atoms with E-state index in [1.807, 2.05) is 65.2 Å². The van der Waals surface area contributed by atoms with E-state index in [9.17, 15) is 18.0 Å². The number of morpholine rings is 1. The van der Waals surface area contributed by atoms with Crippen molar-refractivity contribution in [2.45, 2.75) is 203 Å². The van der Waals surface area contributed by atoms with Gasteiger partial charge in [-0.2, -0.15) is 23.0 Å². The van der Waals surface area contributed by atoms with Crippen LogP contribution in [0.1, 0.15) is 215 Å². The van der Waals surface area contributed by atoms with Crippen LogP contribution in [0.5, 0.6) is 0 Å². The minimum absolute atomic E-state index is 0.00819. The largest absolute Gasteiger partial charge is 0.461 e. The molecule has 1 aliphatic rings. The van der Waals surface area contributed by atoms with E-state index in [1.165, 1.54) is 11.1 Å². The van der Waals surface area contributed by atoms with Gasteiger partial charge in [0.15, 0.2) is 29.0 Å². The third-order valence-electron chi connectivity index (χ3n) is 11.2. The molecule has 0 radical (unpaired) electrons. The van der Waals surface area contributed by atoms with Crippen molar-refractivity contribution < 1.29 is 40.8 Å². The zero-order chi connectivity index (χ0) is 66.7. The van der Waals surface area contributed by atoms with Crippen LogP contribution in [-0.2, 0) is 60.6 Å². The number of rotatable bonds is 4. The smallest absolute Gasteiger partial charge is 0.436 e. The Morgan fingerprint density at radius 3 is 1.45 bits per heavy atom. The fraction of sp³-hybridized carbons (Fsp3) is 0.639. The van der Waals surface area contributed by atoms with Crippen LogP contribution in [0.4, 0.5) is 24.8 Å². The molecule has 0 aliphatic carbocycles. The van der Waals surface area contributed by atoms with E-state index in [0.717, 1.165) is 71.2 Å². The number of carbonyl (C=O) groups is 1. The molecule has 1 fully saturated rings. The normalized spacial score (nSPS) is 13.0. The quantitative estimate of drug-likeness (QED) is 0.148. The number of esters is 1. The molecule has 0 N–H and O–H groups in total. The van der Waals surface area contributed by atoms with Gasteiger partial charge in [-0.1, -0.05) is 151 Å². The highest BCUT2D eigenvalue weighted by Gasteiger charge is 2.36. The summed E-state index contributed by atoms with van der Waals surface area (Å²) in [5.74, 6) is 5.17. The monoisotopic (exact) mass is 1280 g/mol. The van der Waals surface area contributed by atoms with Crippen molar-refractivity contribution >= 4 is 33.5 Å². The van der Waals surface area contributed by atoms with Crippen LogP contribution in [0.25, 0.3) is 0 Å². The van der Waals surface area contributed by atoms with Crippen LogP contribution < -0.4 is 9.80 Å². The Morgan fingerprint density at radius 1 is 0.621 bits per heavy atom. The lowest BCUT2D eigenvalue weighted by Crippen LogP contribution is -2.36. The van der Waals surface area contributed by atoms with Crippen LogP contribution >= 0.6 is 15.9 Å². The molecule has 0 aromatic carbocycles. The highest BCUT2D eigenvalue weighted by molar-refractivity contribution is 9.10. The van der Waals surface area contributed by atoms with Gasteiger partial charge in [-0.3, -0.25) is 0 Å². The Balaban J connectivity index is 0.000000348.